The molecule has 1 saturated carbocycles. The van der Waals surface area contributed by atoms with Crippen molar-refractivity contribution in [2.45, 2.75) is 65.9 Å². The molecule has 38 heavy (non-hydrogen) atoms. The highest BCUT2D eigenvalue weighted by Crippen LogP contribution is 2.44. The van der Waals surface area contributed by atoms with Crippen molar-refractivity contribution in [2.24, 2.45) is 11.3 Å². The highest BCUT2D eigenvalue weighted by Gasteiger charge is 2.34. The number of aromatic nitrogens is 2. The van der Waals surface area contributed by atoms with Crippen LogP contribution in [0.3, 0.4) is 0 Å². The van der Waals surface area contributed by atoms with Crippen molar-refractivity contribution in [1.29, 1.82) is 0 Å². The van der Waals surface area contributed by atoms with Crippen LogP contribution in [0.15, 0.2) is 48.7 Å². The second kappa shape index (κ2) is 11.9. The summed E-state index contributed by atoms with van der Waals surface area (Å²) in [5.74, 6) is 1.18. The average Bonchev–Trinajstić information content (AvgIpc) is 3.71. The first-order chi connectivity index (χ1) is 18.2. The lowest BCUT2D eigenvalue weighted by molar-refractivity contribution is -0.143. The quantitative estimate of drug-likeness (QED) is 0.256. The third kappa shape index (κ3) is 7.30. The van der Waals surface area contributed by atoms with E-state index in [2.05, 4.69) is 25.8 Å². The summed E-state index contributed by atoms with van der Waals surface area (Å²) in [4.78, 5) is 21.4. The van der Waals surface area contributed by atoms with Gasteiger partial charge in [-0.25, -0.2) is 9.37 Å². The zero-order valence-electron chi connectivity index (χ0n) is 22.9. The van der Waals surface area contributed by atoms with E-state index in [1.165, 1.54) is 6.07 Å². The molecule has 3 aromatic rings. The van der Waals surface area contributed by atoms with Crippen molar-refractivity contribution < 1.29 is 23.4 Å². The van der Waals surface area contributed by atoms with E-state index in [0.717, 1.165) is 35.4 Å². The number of pyridine rings is 2. The Balaban J connectivity index is 1.55. The Kier molecular flexibility index (Phi) is 8.65. The van der Waals surface area contributed by atoms with E-state index in [1.807, 2.05) is 25.1 Å². The Hall–Kier alpha value is -3.48. The molecule has 2 aromatic heterocycles. The maximum atomic E-state index is 14.8. The van der Waals surface area contributed by atoms with Gasteiger partial charge in [0.2, 0.25) is 5.88 Å². The molecule has 1 aliphatic rings. The normalized spacial score (nSPS) is 14.2. The van der Waals surface area contributed by atoms with Gasteiger partial charge >= 0.3 is 5.97 Å². The van der Waals surface area contributed by atoms with Crippen molar-refractivity contribution in [3.8, 4) is 22.8 Å². The molecule has 7 heteroatoms. The topological polar surface area (TPSA) is 70.5 Å². The van der Waals surface area contributed by atoms with Gasteiger partial charge in [0.1, 0.15) is 18.2 Å². The van der Waals surface area contributed by atoms with Gasteiger partial charge in [-0.3, -0.25) is 9.78 Å². The molecule has 0 aliphatic heterocycles. The van der Waals surface area contributed by atoms with E-state index in [9.17, 15) is 9.18 Å². The predicted molar refractivity (Wildman–Crippen MR) is 145 cm³/mol. The third-order valence-electron chi connectivity index (χ3n) is 6.63. The van der Waals surface area contributed by atoms with E-state index in [0.29, 0.717) is 42.6 Å². The fraction of sp³-hybridized carbons (Fsp3) is 0.452. The van der Waals surface area contributed by atoms with E-state index in [-0.39, 0.29) is 29.7 Å². The molecule has 0 bridgehead atoms. The number of methoxy groups -OCH3 is 1. The summed E-state index contributed by atoms with van der Waals surface area (Å²) >= 11 is 0. The Morgan fingerprint density at radius 2 is 1.89 bits per heavy atom. The number of benzene rings is 1. The molecule has 0 spiro atoms. The number of esters is 1. The molecule has 4 rings (SSSR count). The minimum atomic E-state index is -0.328. The zero-order valence-corrected chi connectivity index (χ0v) is 22.9. The molecular weight excluding hydrogens is 483 g/mol. The monoisotopic (exact) mass is 520 g/mol. The molecule has 1 aliphatic carbocycles. The molecule has 1 atom stereocenters. The summed E-state index contributed by atoms with van der Waals surface area (Å²) in [6, 6.07) is 12.3. The SMILES string of the molecule is CCOC(=O)CC(c1ccnc(COc2ccc(-c3cc(OC)ccc3F)c(CC(C)(C)C)n2)c1)C1CC1. The van der Waals surface area contributed by atoms with Crippen molar-refractivity contribution in [1.82, 2.24) is 9.97 Å². The Morgan fingerprint density at radius 1 is 1.11 bits per heavy atom. The number of nitrogens with zero attached hydrogens (tertiary/aromatic N) is 2. The highest BCUT2D eigenvalue weighted by molar-refractivity contribution is 5.71. The maximum absolute atomic E-state index is 14.8. The Bertz CT molecular complexity index is 1270. The molecule has 1 aromatic carbocycles. The second-order valence-electron chi connectivity index (χ2n) is 11.0. The fourth-order valence-electron chi connectivity index (χ4n) is 4.69. The van der Waals surface area contributed by atoms with Gasteiger partial charge in [-0.2, -0.15) is 0 Å². The lowest BCUT2D eigenvalue weighted by Crippen LogP contribution is -2.13. The van der Waals surface area contributed by atoms with Gasteiger partial charge in [0.15, 0.2) is 0 Å². The van der Waals surface area contributed by atoms with Crippen molar-refractivity contribution >= 4 is 5.97 Å². The fourth-order valence-corrected chi connectivity index (χ4v) is 4.69. The minimum absolute atomic E-state index is 0.0671. The summed E-state index contributed by atoms with van der Waals surface area (Å²) in [7, 11) is 1.56. The van der Waals surface area contributed by atoms with Gasteiger partial charge < -0.3 is 14.2 Å². The largest absolute Gasteiger partial charge is 0.497 e. The molecule has 6 nitrogen and oxygen atoms in total. The molecule has 1 unspecified atom stereocenters. The molecular formula is C31H37FN2O4. The number of halogens is 1. The van der Waals surface area contributed by atoms with Crippen molar-refractivity contribution in [3.05, 3.63) is 71.4 Å². The van der Waals surface area contributed by atoms with Crippen LogP contribution in [0.2, 0.25) is 0 Å². The van der Waals surface area contributed by atoms with Crippen LogP contribution in [0, 0.1) is 17.2 Å². The zero-order chi connectivity index (χ0) is 27.3. The summed E-state index contributed by atoms with van der Waals surface area (Å²) in [5, 5.41) is 0. The van der Waals surface area contributed by atoms with Crippen molar-refractivity contribution in [2.75, 3.05) is 13.7 Å². The van der Waals surface area contributed by atoms with Gasteiger partial charge in [-0.1, -0.05) is 20.8 Å². The van der Waals surface area contributed by atoms with Crippen LogP contribution in [0.4, 0.5) is 4.39 Å². The number of ether oxygens (including phenoxy) is 3. The lowest BCUT2D eigenvalue weighted by Gasteiger charge is -2.21. The second-order valence-corrected chi connectivity index (χ2v) is 11.0. The first-order valence-electron chi connectivity index (χ1n) is 13.2. The predicted octanol–water partition coefficient (Wildman–Crippen LogP) is 6.91. The highest BCUT2D eigenvalue weighted by atomic mass is 19.1. The average molecular weight is 521 g/mol. The van der Waals surface area contributed by atoms with Crippen LogP contribution >= 0.6 is 0 Å². The standard InChI is InChI=1S/C31H37FN2O4/c1-6-37-30(35)17-25(20-7-8-20)21-13-14-33-22(15-21)19-38-29-12-10-24(28(34-29)18-31(2,3)4)26-16-23(36-5)9-11-27(26)32/h9-16,20,25H,6-8,17-19H2,1-5H3. The first-order valence-corrected chi connectivity index (χ1v) is 13.2. The Labute approximate surface area is 224 Å². The molecule has 202 valence electrons. The van der Waals surface area contributed by atoms with E-state index in [1.54, 1.807) is 31.5 Å². The Morgan fingerprint density at radius 3 is 2.58 bits per heavy atom. The van der Waals surface area contributed by atoms with E-state index in [4.69, 9.17) is 19.2 Å². The number of carbonyl (C=O) groups excluding carboxylic acids is 1. The van der Waals surface area contributed by atoms with Crippen LogP contribution in [0.25, 0.3) is 11.1 Å². The van der Waals surface area contributed by atoms with E-state index < -0.39 is 0 Å². The van der Waals surface area contributed by atoms with Crippen LogP contribution in [-0.2, 0) is 22.6 Å². The molecule has 0 N–H and O–H groups in total. The molecule has 0 saturated heterocycles. The molecule has 0 amide bonds. The van der Waals surface area contributed by atoms with Crippen LogP contribution < -0.4 is 9.47 Å². The van der Waals surface area contributed by atoms with Crippen LogP contribution in [-0.4, -0.2) is 29.7 Å². The summed E-state index contributed by atoms with van der Waals surface area (Å²) in [5.41, 5.74) is 3.70. The number of hydrogen-bond donors (Lipinski definition) is 0. The van der Waals surface area contributed by atoms with Gasteiger partial charge in [0.05, 0.1) is 31.5 Å². The molecule has 2 heterocycles. The molecule has 1 fully saturated rings. The van der Waals surface area contributed by atoms with Gasteiger partial charge in [-0.05, 0) is 85.4 Å². The third-order valence-corrected chi connectivity index (χ3v) is 6.63. The number of carbonyl (C=O) groups is 1. The summed E-state index contributed by atoms with van der Waals surface area (Å²) in [6.45, 7) is 8.81. The van der Waals surface area contributed by atoms with Crippen molar-refractivity contribution in [3.63, 3.8) is 0 Å². The number of rotatable bonds is 11. The van der Waals surface area contributed by atoms with E-state index >= 15 is 0 Å². The van der Waals surface area contributed by atoms with Gasteiger partial charge in [0.25, 0.3) is 0 Å². The van der Waals surface area contributed by atoms with Crippen LogP contribution in [0.5, 0.6) is 11.6 Å². The smallest absolute Gasteiger partial charge is 0.306 e. The lowest BCUT2D eigenvalue weighted by atomic mass is 9.87. The van der Waals surface area contributed by atoms with Crippen LogP contribution in [0.1, 0.15) is 69.8 Å². The maximum Gasteiger partial charge on any atom is 0.306 e. The summed E-state index contributed by atoms with van der Waals surface area (Å²) < 4.78 is 31.4. The van der Waals surface area contributed by atoms with Gasteiger partial charge in [-0.15, -0.1) is 0 Å². The minimum Gasteiger partial charge on any atom is -0.497 e. The molecule has 0 radical (unpaired) electrons. The number of hydrogen-bond acceptors (Lipinski definition) is 6. The first kappa shape index (κ1) is 27.6. The summed E-state index contributed by atoms with van der Waals surface area (Å²) in [6.07, 6.45) is 5.03. The van der Waals surface area contributed by atoms with Gasteiger partial charge in [0, 0.05) is 23.4 Å².